The molecule has 19 heavy (non-hydrogen) atoms. The molecular weight excluding hydrogens is 262 g/mol. The van der Waals surface area contributed by atoms with Crippen molar-refractivity contribution in [3.8, 4) is 0 Å². The van der Waals surface area contributed by atoms with Gasteiger partial charge in [-0.3, -0.25) is 4.79 Å². The van der Waals surface area contributed by atoms with Gasteiger partial charge in [0.05, 0.1) is 12.0 Å². The fourth-order valence-electron chi connectivity index (χ4n) is 1.72. The third-order valence-electron chi connectivity index (χ3n) is 2.79. The van der Waals surface area contributed by atoms with Crippen molar-refractivity contribution >= 4 is 21.5 Å². The first-order chi connectivity index (χ1) is 9.08. The standard InChI is InChI=1S/C14H13NO3S/c1-9-3-5-10(6-4-9)13(17)12-7-11(18-2)14(15)19(12)8-16/h3-7H,15H2,1-2H3. The average molecular weight is 275 g/mol. The first-order valence-electron chi connectivity index (χ1n) is 5.57. The van der Waals surface area contributed by atoms with Crippen LogP contribution in [-0.4, -0.2) is 18.1 Å². The van der Waals surface area contributed by atoms with Gasteiger partial charge in [0.1, 0.15) is 10.8 Å². The molecule has 1 unspecified atom stereocenters. The molecule has 1 aliphatic rings. The van der Waals surface area contributed by atoms with Crippen molar-refractivity contribution in [2.24, 2.45) is 5.73 Å². The molecule has 98 valence electrons. The van der Waals surface area contributed by atoms with E-state index < -0.39 is 10.5 Å². The van der Waals surface area contributed by atoms with Crippen molar-refractivity contribution in [1.82, 2.24) is 0 Å². The number of ketones is 1. The minimum atomic E-state index is -1.14. The number of benzene rings is 1. The Kier molecular flexibility index (Phi) is 3.69. The molecule has 2 N–H and O–H groups in total. The molecule has 1 aliphatic heterocycles. The van der Waals surface area contributed by atoms with Crippen LogP contribution in [0.4, 0.5) is 0 Å². The maximum absolute atomic E-state index is 12.4. The molecule has 1 heterocycles. The highest BCUT2D eigenvalue weighted by Gasteiger charge is 2.26. The minimum Gasteiger partial charge on any atom is -0.494 e. The van der Waals surface area contributed by atoms with E-state index in [0.717, 1.165) is 5.56 Å². The van der Waals surface area contributed by atoms with Crippen LogP contribution < -0.4 is 5.73 Å². The number of allylic oxidation sites excluding steroid dienone is 2. The highest BCUT2D eigenvalue weighted by atomic mass is 32.2. The zero-order valence-electron chi connectivity index (χ0n) is 10.6. The summed E-state index contributed by atoms with van der Waals surface area (Å²) in [6, 6.07) is 7.15. The quantitative estimate of drug-likeness (QED) is 0.678. The third-order valence-corrected chi connectivity index (χ3v) is 4.34. The summed E-state index contributed by atoms with van der Waals surface area (Å²) in [4.78, 5) is 23.7. The van der Waals surface area contributed by atoms with Crippen molar-refractivity contribution in [3.05, 3.63) is 57.2 Å². The van der Waals surface area contributed by atoms with E-state index in [1.54, 1.807) is 12.1 Å². The molecule has 1 atom stereocenters. The Morgan fingerprint density at radius 3 is 2.47 bits per heavy atom. The molecule has 2 rings (SSSR count). The molecule has 4 nitrogen and oxygen atoms in total. The molecule has 1 aromatic carbocycles. The Hall–Kier alpha value is -2.10. The second-order valence-corrected chi connectivity index (χ2v) is 5.68. The number of carbonyl (C=O) groups excluding carboxylic acids is 2. The molecule has 0 fully saturated rings. The van der Waals surface area contributed by atoms with Crippen molar-refractivity contribution < 1.29 is 14.3 Å². The first-order valence-corrected chi connectivity index (χ1v) is 6.80. The Balaban J connectivity index is 2.41. The Bertz CT molecular complexity index is 650. The van der Waals surface area contributed by atoms with Crippen LogP contribution in [-0.2, 0) is 9.53 Å². The van der Waals surface area contributed by atoms with Gasteiger partial charge in [0, 0.05) is 11.6 Å². The van der Waals surface area contributed by atoms with E-state index in [4.69, 9.17) is 10.5 Å². The van der Waals surface area contributed by atoms with E-state index in [1.165, 1.54) is 13.2 Å². The zero-order chi connectivity index (χ0) is 14.0. The number of ether oxygens (including phenoxy) is 1. The Labute approximate surface area is 113 Å². The normalized spacial score (nSPS) is 18.0. The second-order valence-electron chi connectivity index (χ2n) is 4.03. The second kappa shape index (κ2) is 5.26. The van der Waals surface area contributed by atoms with E-state index in [1.807, 2.05) is 24.3 Å². The van der Waals surface area contributed by atoms with Gasteiger partial charge in [-0.25, -0.2) is 4.79 Å². The van der Waals surface area contributed by atoms with Crippen LogP contribution in [0.2, 0.25) is 0 Å². The summed E-state index contributed by atoms with van der Waals surface area (Å²) in [6.45, 7) is 1.94. The lowest BCUT2D eigenvalue weighted by Gasteiger charge is -2.04. The van der Waals surface area contributed by atoms with Gasteiger partial charge in [0.2, 0.25) is 0 Å². The van der Waals surface area contributed by atoms with Gasteiger partial charge < -0.3 is 10.5 Å². The van der Waals surface area contributed by atoms with Crippen molar-refractivity contribution in [2.75, 3.05) is 7.11 Å². The number of rotatable bonds is 3. The SMILES string of the molecule is COC1=C(N)S(=C=O)C(C(=O)c2ccc(C)cc2)=C1. The monoisotopic (exact) mass is 275 g/mol. The van der Waals surface area contributed by atoms with Gasteiger partial charge in [-0.1, -0.05) is 29.8 Å². The summed E-state index contributed by atoms with van der Waals surface area (Å²) in [5.41, 5.74) is 7.36. The lowest BCUT2D eigenvalue weighted by Crippen LogP contribution is -2.02. The van der Waals surface area contributed by atoms with E-state index in [9.17, 15) is 9.59 Å². The lowest BCUT2D eigenvalue weighted by atomic mass is 10.1. The van der Waals surface area contributed by atoms with Crippen LogP contribution in [0.1, 0.15) is 15.9 Å². The van der Waals surface area contributed by atoms with Crippen molar-refractivity contribution in [2.45, 2.75) is 6.92 Å². The molecule has 0 spiro atoms. The smallest absolute Gasteiger partial charge is 0.200 e. The van der Waals surface area contributed by atoms with Gasteiger partial charge in [-0.05, 0) is 17.4 Å². The topological polar surface area (TPSA) is 69.4 Å². The average Bonchev–Trinajstić information content (AvgIpc) is 2.75. The first kappa shape index (κ1) is 13.3. The van der Waals surface area contributed by atoms with Gasteiger partial charge >= 0.3 is 0 Å². The number of carbonyl (C=O) groups is 1. The molecule has 0 saturated heterocycles. The van der Waals surface area contributed by atoms with Crippen LogP contribution in [0.5, 0.6) is 0 Å². The molecule has 5 heteroatoms. The van der Waals surface area contributed by atoms with Crippen LogP contribution in [0, 0.1) is 6.92 Å². The summed E-state index contributed by atoms with van der Waals surface area (Å²) in [7, 11) is 0.304. The number of nitrogens with two attached hydrogens (primary N) is 1. The summed E-state index contributed by atoms with van der Waals surface area (Å²) in [6.07, 6.45) is 1.52. The molecule has 0 bridgehead atoms. The van der Waals surface area contributed by atoms with Crippen LogP contribution in [0.25, 0.3) is 0 Å². The van der Waals surface area contributed by atoms with Crippen molar-refractivity contribution in [1.29, 1.82) is 0 Å². The molecule has 0 saturated carbocycles. The molecule has 1 aromatic rings. The fraction of sp³-hybridized carbons (Fsp3) is 0.143. The molecule has 0 aliphatic carbocycles. The highest BCUT2D eigenvalue weighted by Crippen LogP contribution is 2.40. The van der Waals surface area contributed by atoms with Gasteiger partial charge in [-0.2, -0.15) is 0 Å². The fourth-order valence-corrected chi connectivity index (χ4v) is 3.01. The lowest BCUT2D eigenvalue weighted by molar-refractivity contribution is 0.104. The van der Waals surface area contributed by atoms with E-state index in [-0.39, 0.29) is 10.8 Å². The number of methoxy groups -OCH3 is 1. The predicted molar refractivity (Wildman–Crippen MR) is 75.1 cm³/mol. The van der Waals surface area contributed by atoms with Crippen molar-refractivity contribution in [3.63, 3.8) is 0 Å². The van der Waals surface area contributed by atoms with Gasteiger partial charge in [-0.15, -0.1) is 0 Å². The Morgan fingerprint density at radius 2 is 1.95 bits per heavy atom. The van der Waals surface area contributed by atoms with Crippen LogP contribution >= 0.6 is 10.5 Å². The maximum Gasteiger partial charge on any atom is 0.200 e. The minimum absolute atomic E-state index is 0.221. The Morgan fingerprint density at radius 1 is 1.32 bits per heavy atom. The maximum atomic E-state index is 12.4. The number of hydrogen-bond acceptors (Lipinski definition) is 4. The summed E-state index contributed by atoms with van der Waals surface area (Å²) < 4.78 is 5.04. The third kappa shape index (κ3) is 2.38. The largest absolute Gasteiger partial charge is 0.494 e. The van der Waals surface area contributed by atoms with Gasteiger partial charge in [0.25, 0.3) is 0 Å². The molecule has 0 radical (unpaired) electrons. The predicted octanol–water partition coefficient (Wildman–Crippen LogP) is 2.19. The summed E-state index contributed by atoms with van der Waals surface area (Å²) in [5, 5.41) is 2.07. The summed E-state index contributed by atoms with van der Waals surface area (Å²) in [5.74, 6) is 0.142. The number of Topliss-reactive ketones (excluding diaryl/α,β-unsaturated/α-hetero) is 1. The number of aryl methyl sites for hydroxylation is 1. The van der Waals surface area contributed by atoms with E-state index in [2.05, 4.69) is 0 Å². The highest BCUT2D eigenvalue weighted by molar-refractivity contribution is 8.22. The van der Waals surface area contributed by atoms with E-state index >= 15 is 0 Å². The molecule has 0 aromatic heterocycles. The van der Waals surface area contributed by atoms with E-state index in [0.29, 0.717) is 16.2 Å². The molecule has 0 amide bonds. The number of hydrogen-bond donors (Lipinski definition) is 1. The van der Waals surface area contributed by atoms with Crippen LogP contribution in [0.3, 0.4) is 0 Å². The summed E-state index contributed by atoms with van der Waals surface area (Å²) >= 11 is 0. The van der Waals surface area contributed by atoms with Gasteiger partial charge in [0.15, 0.2) is 11.0 Å². The zero-order valence-corrected chi connectivity index (χ0v) is 11.4. The van der Waals surface area contributed by atoms with Crippen LogP contribution in [0.15, 0.2) is 46.0 Å². The molecular formula is C14H13NO3S.